The minimum atomic E-state index is 0. The number of nitrogens with one attached hydrogen (secondary N) is 1. The van der Waals surface area contributed by atoms with Gasteiger partial charge in [0.2, 0.25) is 0 Å². The zero-order chi connectivity index (χ0) is 16.4. The number of hydrogen-bond donors (Lipinski definition) is 1. The molecule has 1 nitrogen and oxygen atoms in total. The van der Waals surface area contributed by atoms with Crippen LogP contribution in [0.1, 0.15) is 21.6 Å². The molecule has 3 aromatic carbocycles. The first-order chi connectivity index (χ1) is 11.8. The molecule has 0 aliphatic carbocycles. The fourth-order valence-electron chi connectivity index (χ4n) is 3.12. The quantitative estimate of drug-likeness (QED) is 0.409. The molecular formula is C22H18ClNS. The van der Waals surface area contributed by atoms with E-state index in [9.17, 15) is 0 Å². The van der Waals surface area contributed by atoms with E-state index in [1.807, 2.05) is 23.6 Å². The van der Waals surface area contributed by atoms with Crippen molar-refractivity contribution in [2.24, 2.45) is 0 Å². The van der Waals surface area contributed by atoms with Gasteiger partial charge < -0.3 is 0 Å². The molecule has 124 valence electrons. The first-order valence-electron chi connectivity index (χ1n) is 8.00. The summed E-state index contributed by atoms with van der Waals surface area (Å²) in [6.45, 7) is 0. The average Bonchev–Trinajstić information content (AvgIpc) is 3.17. The number of thiophene rings is 1. The smallest absolute Gasteiger partial charge is 0.0787 e. The molecule has 1 aromatic heterocycles. The first-order valence-corrected chi connectivity index (χ1v) is 8.88. The van der Waals surface area contributed by atoms with Gasteiger partial charge in [0.25, 0.3) is 0 Å². The molecule has 0 radical (unpaired) electrons. The van der Waals surface area contributed by atoms with Gasteiger partial charge in [-0.05, 0) is 39.8 Å². The van der Waals surface area contributed by atoms with E-state index in [0.717, 1.165) is 16.9 Å². The Hall–Kier alpha value is -2.42. The standard InChI is InChI=1S/C22H17NS.ClH/c23-22(21-13-6-14-24-21)20-12-4-2-8-18(20)15-17-10-5-9-16-7-1-3-11-19(16)17;/h1-14,23H,15H2;1H. The number of benzene rings is 3. The van der Waals surface area contributed by atoms with Crippen molar-refractivity contribution in [1.29, 1.82) is 5.41 Å². The molecule has 4 aromatic rings. The van der Waals surface area contributed by atoms with Crippen LogP contribution in [-0.4, -0.2) is 5.71 Å². The number of hydrogen-bond acceptors (Lipinski definition) is 2. The van der Waals surface area contributed by atoms with Gasteiger partial charge in [0, 0.05) is 5.56 Å². The zero-order valence-corrected chi connectivity index (χ0v) is 15.2. The molecule has 0 saturated heterocycles. The van der Waals surface area contributed by atoms with E-state index >= 15 is 0 Å². The number of halogens is 1. The maximum Gasteiger partial charge on any atom is 0.0787 e. The van der Waals surface area contributed by atoms with Gasteiger partial charge in [-0.25, -0.2) is 0 Å². The normalized spacial score (nSPS) is 10.4. The van der Waals surface area contributed by atoms with Gasteiger partial charge >= 0.3 is 0 Å². The predicted molar refractivity (Wildman–Crippen MR) is 111 cm³/mol. The van der Waals surface area contributed by atoms with E-state index in [-0.39, 0.29) is 12.4 Å². The molecule has 4 rings (SSSR count). The van der Waals surface area contributed by atoms with Gasteiger partial charge in [0.05, 0.1) is 10.6 Å². The van der Waals surface area contributed by atoms with E-state index in [4.69, 9.17) is 5.41 Å². The van der Waals surface area contributed by atoms with Gasteiger partial charge in [-0.1, -0.05) is 72.8 Å². The summed E-state index contributed by atoms with van der Waals surface area (Å²) in [6, 6.07) is 27.2. The molecule has 0 unspecified atom stereocenters. The lowest BCUT2D eigenvalue weighted by Gasteiger charge is -2.12. The van der Waals surface area contributed by atoms with Crippen molar-refractivity contribution in [2.75, 3.05) is 0 Å². The first kappa shape index (κ1) is 17.4. The molecule has 0 amide bonds. The molecule has 0 fully saturated rings. The van der Waals surface area contributed by atoms with Crippen LogP contribution in [0.15, 0.2) is 84.2 Å². The maximum absolute atomic E-state index is 8.57. The van der Waals surface area contributed by atoms with Crippen molar-refractivity contribution in [2.45, 2.75) is 6.42 Å². The third kappa shape index (κ3) is 3.51. The SMILES string of the molecule is Cl.N=C(c1cccs1)c1ccccc1Cc1cccc2ccccc12. The van der Waals surface area contributed by atoms with Crippen LogP contribution in [0.2, 0.25) is 0 Å². The molecule has 0 atom stereocenters. The summed E-state index contributed by atoms with van der Waals surface area (Å²) in [7, 11) is 0. The Morgan fingerprint density at radius 2 is 1.48 bits per heavy atom. The second-order valence-electron chi connectivity index (χ2n) is 5.82. The Morgan fingerprint density at radius 1 is 0.760 bits per heavy atom. The van der Waals surface area contributed by atoms with Gasteiger partial charge in [-0.15, -0.1) is 23.7 Å². The third-order valence-corrected chi connectivity index (χ3v) is 5.20. The molecule has 1 N–H and O–H groups in total. The summed E-state index contributed by atoms with van der Waals surface area (Å²) < 4.78 is 0. The minimum absolute atomic E-state index is 0. The molecule has 0 aliphatic rings. The summed E-state index contributed by atoms with van der Waals surface area (Å²) in [6.07, 6.45) is 0.839. The molecule has 0 saturated carbocycles. The third-order valence-electron chi connectivity index (χ3n) is 4.32. The van der Waals surface area contributed by atoms with E-state index < -0.39 is 0 Å². The van der Waals surface area contributed by atoms with Crippen LogP contribution in [0.25, 0.3) is 10.8 Å². The average molecular weight is 364 g/mol. The molecular weight excluding hydrogens is 346 g/mol. The van der Waals surface area contributed by atoms with Crippen LogP contribution >= 0.6 is 23.7 Å². The van der Waals surface area contributed by atoms with E-state index in [2.05, 4.69) is 60.7 Å². The minimum Gasteiger partial charge on any atom is -0.299 e. The summed E-state index contributed by atoms with van der Waals surface area (Å²) >= 11 is 1.62. The van der Waals surface area contributed by atoms with Crippen molar-refractivity contribution >= 4 is 40.2 Å². The van der Waals surface area contributed by atoms with Gasteiger partial charge in [-0.3, -0.25) is 5.41 Å². The van der Waals surface area contributed by atoms with Gasteiger partial charge in [-0.2, -0.15) is 0 Å². The van der Waals surface area contributed by atoms with Crippen molar-refractivity contribution in [1.82, 2.24) is 0 Å². The van der Waals surface area contributed by atoms with Crippen molar-refractivity contribution in [3.8, 4) is 0 Å². The van der Waals surface area contributed by atoms with E-state index in [1.54, 1.807) is 11.3 Å². The Balaban J connectivity index is 0.00000182. The van der Waals surface area contributed by atoms with E-state index in [0.29, 0.717) is 5.71 Å². The second-order valence-corrected chi connectivity index (χ2v) is 6.77. The lowest BCUT2D eigenvalue weighted by molar-refractivity contribution is 1.20. The highest BCUT2D eigenvalue weighted by Crippen LogP contribution is 2.24. The van der Waals surface area contributed by atoms with Crippen LogP contribution in [0.3, 0.4) is 0 Å². The van der Waals surface area contributed by atoms with Crippen molar-refractivity contribution < 1.29 is 0 Å². The molecule has 3 heteroatoms. The molecule has 1 heterocycles. The fraction of sp³-hybridized carbons (Fsp3) is 0.0455. The summed E-state index contributed by atoms with van der Waals surface area (Å²) in [5.41, 5.74) is 4.14. The van der Waals surface area contributed by atoms with Crippen molar-refractivity contribution in [3.05, 3.63) is 106 Å². The highest BCUT2D eigenvalue weighted by Gasteiger charge is 2.12. The van der Waals surface area contributed by atoms with Crippen LogP contribution in [0.5, 0.6) is 0 Å². The Morgan fingerprint density at radius 3 is 2.32 bits per heavy atom. The van der Waals surface area contributed by atoms with Crippen molar-refractivity contribution in [3.63, 3.8) is 0 Å². The number of fused-ring (bicyclic) bond motifs is 1. The Labute approximate surface area is 157 Å². The van der Waals surface area contributed by atoms with Gasteiger partial charge in [0.15, 0.2) is 0 Å². The summed E-state index contributed by atoms with van der Waals surface area (Å²) in [4.78, 5) is 1.01. The van der Waals surface area contributed by atoms with Crippen LogP contribution in [-0.2, 0) is 6.42 Å². The Kier molecular flexibility index (Phi) is 5.32. The van der Waals surface area contributed by atoms with Crippen LogP contribution in [0.4, 0.5) is 0 Å². The fourth-order valence-corrected chi connectivity index (χ4v) is 3.81. The lowest BCUT2D eigenvalue weighted by atomic mass is 9.93. The van der Waals surface area contributed by atoms with Crippen LogP contribution < -0.4 is 0 Å². The highest BCUT2D eigenvalue weighted by atomic mass is 35.5. The summed E-state index contributed by atoms with van der Waals surface area (Å²) in [5.74, 6) is 0. The Bertz CT molecular complexity index is 1000. The second kappa shape index (κ2) is 7.64. The topological polar surface area (TPSA) is 23.9 Å². The largest absolute Gasteiger partial charge is 0.299 e. The highest BCUT2D eigenvalue weighted by molar-refractivity contribution is 7.12. The van der Waals surface area contributed by atoms with Crippen LogP contribution in [0, 0.1) is 5.41 Å². The molecule has 0 bridgehead atoms. The molecule has 0 aliphatic heterocycles. The maximum atomic E-state index is 8.57. The monoisotopic (exact) mass is 363 g/mol. The molecule has 25 heavy (non-hydrogen) atoms. The zero-order valence-electron chi connectivity index (χ0n) is 13.6. The lowest BCUT2D eigenvalue weighted by Crippen LogP contribution is -2.04. The summed E-state index contributed by atoms with van der Waals surface area (Å²) in [5, 5.41) is 13.1. The number of rotatable bonds is 4. The van der Waals surface area contributed by atoms with E-state index in [1.165, 1.54) is 21.9 Å². The molecule has 0 spiro atoms. The predicted octanol–water partition coefficient (Wildman–Crippen LogP) is 6.33. The van der Waals surface area contributed by atoms with Gasteiger partial charge in [0.1, 0.15) is 0 Å².